The van der Waals surface area contributed by atoms with Crippen LogP contribution in [-0.4, -0.2) is 26.3 Å². The van der Waals surface area contributed by atoms with Gasteiger partial charge in [-0.15, -0.1) is 6.58 Å². The normalized spacial score (nSPS) is 14.7. The van der Waals surface area contributed by atoms with Crippen molar-refractivity contribution in [2.24, 2.45) is 5.92 Å². The first-order valence-corrected chi connectivity index (χ1v) is 10.1. The first-order valence-electron chi connectivity index (χ1n) is 10.1. The Bertz CT molecular complexity index is 875. The number of aliphatic hydroxyl groups excluding tert-OH is 2. The van der Waals surface area contributed by atoms with Crippen molar-refractivity contribution in [1.82, 2.24) is 0 Å². The van der Waals surface area contributed by atoms with Gasteiger partial charge < -0.3 is 15.3 Å². The second-order valence-corrected chi connectivity index (χ2v) is 7.36. The fraction of sp³-hybridized carbons (Fsp3) is 0.333. The van der Waals surface area contributed by atoms with E-state index in [4.69, 9.17) is 0 Å². The molecular formula is C24H29NO5. The first kappa shape index (κ1) is 23.3. The zero-order valence-corrected chi connectivity index (χ0v) is 17.1. The Kier molecular flexibility index (Phi) is 8.77. The summed E-state index contributed by atoms with van der Waals surface area (Å²) < 4.78 is 0. The Balaban J connectivity index is 2.07. The maximum absolute atomic E-state index is 10.8. The number of hydrogen-bond donors (Lipinski definition) is 3. The molecule has 0 aliphatic rings. The van der Waals surface area contributed by atoms with E-state index in [0.29, 0.717) is 18.4 Å². The number of nitro benzene ring substituents is 1. The van der Waals surface area contributed by atoms with Crippen molar-refractivity contribution in [2.75, 3.05) is 0 Å². The third-order valence-corrected chi connectivity index (χ3v) is 5.10. The van der Waals surface area contributed by atoms with Crippen LogP contribution >= 0.6 is 0 Å². The summed E-state index contributed by atoms with van der Waals surface area (Å²) in [7, 11) is 0. The maximum atomic E-state index is 10.8. The van der Waals surface area contributed by atoms with Gasteiger partial charge in [-0.25, -0.2) is 0 Å². The van der Waals surface area contributed by atoms with Crippen LogP contribution in [-0.2, 0) is 0 Å². The summed E-state index contributed by atoms with van der Waals surface area (Å²) in [6, 6.07) is 12.7. The number of rotatable bonds is 11. The average molecular weight is 411 g/mol. The van der Waals surface area contributed by atoms with Crippen molar-refractivity contribution >= 4 is 11.8 Å². The van der Waals surface area contributed by atoms with Gasteiger partial charge in [0.1, 0.15) is 5.75 Å². The number of hydrogen-bond acceptors (Lipinski definition) is 5. The zero-order valence-electron chi connectivity index (χ0n) is 17.1. The van der Waals surface area contributed by atoms with Crippen LogP contribution in [0.25, 0.3) is 6.08 Å². The smallest absolute Gasteiger partial charge is 0.269 e. The van der Waals surface area contributed by atoms with Crippen LogP contribution in [0.1, 0.15) is 49.8 Å². The molecule has 6 heteroatoms. The molecule has 2 rings (SSSR count). The van der Waals surface area contributed by atoms with Crippen molar-refractivity contribution < 1.29 is 20.2 Å². The molecule has 0 aliphatic carbocycles. The van der Waals surface area contributed by atoms with Gasteiger partial charge in [-0.05, 0) is 54.7 Å². The average Bonchev–Trinajstić information content (AvgIpc) is 2.72. The molecule has 2 aromatic rings. The number of phenolic OH excluding ortho intramolecular Hbond substituents is 1. The zero-order chi connectivity index (χ0) is 22.1. The van der Waals surface area contributed by atoms with Gasteiger partial charge in [0.2, 0.25) is 0 Å². The van der Waals surface area contributed by atoms with E-state index in [-0.39, 0.29) is 11.4 Å². The van der Waals surface area contributed by atoms with E-state index < -0.39 is 23.0 Å². The summed E-state index contributed by atoms with van der Waals surface area (Å²) in [5.74, 6) is -0.396. The number of nitrogens with zero attached hydrogens (tertiary/aromatic N) is 1. The first-order chi connectivity index (χ1) is 14.3. The van der Waals surface area contributed by atoms with Crippen molar-refractivity contribution in [3.8, 4) is 5.75 Å². The molecule has 0 aromatic heterocycles. The summed E-state index contributed by atoms with van der Waals surface area (Å²) in [5, 5.41) is 41.8. The van der Waals surface area contributed by atoms with Crippen LogP contribution in [0.15, 0.2) is 66.8 Å². The van der Waals surface area contributed by atoms with Gasteiger partial charge in [-0.2, -0.15) is 0 Å². The number of benzene rings is 2. The Morgan fingerprint density at radius 2 is 1.87 bits per heavy atom. The second kappa shape index (κ2) is 11.3. The van der Waals surface area contributed by atoms with E-state index in [0.717, 1.165) is 24.0 Å². The molecule has 0 saturated heterocycles. The molecule has 0 saturated carbocycles. The third kappa shape index (κ3) is 6.54. The SMILES string of the molecule is C=C[C@H]([C@H](O)CC/C(=C/c1cccc(O)c1)CCC)[C@H](O)c1ccc([N+](=O)[O-])cc1. The van der Waals surface area contributed by atoms with Crippen molar-refractivity contribution in [1.29, 1.82) is 0 Å². The molecule has 2 aromatic carbocycles. The highest BCUT2D eigenvalue weighted by Crippen LogP contribution is 2.30. The highest BCUT2D eigenvalue weighted by molar-refractivity contribution is 5.54. The summed E-state index contributed by atoms with van der Waals surface area (Å²) >= 11 is 0. The molecule has 0 heterocycles. The van der Waals surface area contributed by atoms with Crippen LogP contribution in [0.3, 0.4) is 0 Å². The van der Waals surface area contributed by atoms with Gasteiger partial charge in [0.05, 0.1) is 17.1 Å². The molecular weight excluding hydrogens is 382 g/mol. The van der Waals surface area contributed by atoms with E-state index in [1.807, 2.05) is 12.1 Å². The number of aliphatic hydroxyl groups is 2. The van der Waals surface area contributed by atoms with E-state index in [2.05, 4.69) is 13.5 Å². The third-order valence-electron chi connectivity index (χ3n) is 5.10. The van der Waals surface area contributed by atoms with Crippen molar-refractivity contribution in [2.45, 2.75) is 44.8 Å². The fourth-order valence-electron chi connectivity index (χ4n) is 3.48. The highest BCUT2D eigenvalue weighted by Gasteiger charge is 2.26. The number of non-ortho nitro benzene ring substituents is 1. The molecule has 30 heavy (non-hydrogen) atoms. The largest absolute Gasteiger partial charge is 0.508 e. The van der Waals surface area contributed by atoms with Crippen LogP contribution in [0.4, 0.5) is 5.69 Å². The van der Waals surface area contributed by atoms with E-state index >= 15 is 0 Å². The molecule has 0 amide bonds. The van der Waals surface area contributed by atoms with E-state index in [1.54, 1.807) is 18.2 Å². The molecule has 0 aliphatic heterocycles. The molecule has 3 atom stereocenters. The van der Waals surface area contributed by atoms with Gasteiger partial charge >= 0.3 is 0 Å². The summed E-state index contributed by atoms with van der Waals surface area (Å²) in [6.45, 7) is 5.83. The lowest BCUT2D eigenvalue weighted by Crippen LogP contribution is -2.25. The Labute approximate surface area is 177 Å². The quantitative estimate of drug-likeness (QED) is 0.269. The standard InChI is InChI=1S/C24H29NO5/c1-3-6-17(15-18-7-5-8-21(26)16-18)9-14-23(27)22(4-2)24(28)19-10-12-20(13-11-19)25(29)30/h4-5,7-8,10-13,15-16,22-24,26-28H,2-3,6,9,14H2,1H3/b17-15+/t22-,23-,24-/m1/s1. The lowest BCUT2D eigenvalue weighted by Gasteiger charge is -2.25. The Morgan fingerprint density at radius 3 is 2.43 bits per heavy atom. The molecule has 0 fully saturated rings. The molecule has 0 radical (unpaired) electrons. The van der Waals surface area contributed by atoms with Crippen LogP contribution in [0.2, 0.25) is 0 Å². The van der Waals surface area contributed by atoms with Crippen molar-refractivity contribution in [3.63, 3.8) is 0 Å². The lowest BCUT2D eigenvalue weighted by molar-refractivity contribution is -0.384. The minimum Gasteiger partial charge on any atom is -0.508 e. The molecule has 160 valence electrons. The number of nitro groups is 1. The van der Waals surface area contributed by atoms with Gasteiger partial charge in [0.15, 0.2) is 0 Å². The molecule has 3 N–H and O–H groups in total. The summed E-state index contributed by atoms with van der Waals surface area (Å²) in [5.41, 5.74) is 2.49. The van der Waals surface area contributed by atoms with Gasteiger partial charge in [-0.1, -0.05) is 43.2 Å². The lowest BCUT2D eigenvalue weighted by atomic mass is 9.87. The van der Waals surface area contributed by atoms with Crippen LogP contribution in [0, 0.1) is 16.0 Å². The predicted molar refractivity (Wildman–Crippen MR) is 118 cm³/mol. The minimum absolute atomic E-state index is 0.0528. The number of allylic oxidation sites excluding steroid dienone is 1. The highest BCUT2D eigenvalue weighted by atomic mass is 16.6. The van der Waals surface area contributed by atoms with Gasteiger partial charge in [0.25, 0.3) is 5.69 Å². The molecule has 0 unspecified atom stereocenters. The van der Waals surface area contributed by atoms with Gasteiger partial charge in [0, 0.05) is 18.1 Å². The summed E-state index contributed by atoms with van der Waals surface area (Å²) in [4.78, 5) is 10.3. The predicted octanol–water partition coefficient (Wildman–Crippen LogP) is 5.16. The van der Waals surface area contributed by atoms with Crippen LogP contribution in [0.5, 0.6) is 5.75 Å². The Hall–Kier alpha value is -2.96. The van der Waals surface area contributed by atoms with Gasteiger partial charge in [-0.3, -0.25) is 10.1 Å². The second-order valence-electron chi connectivity index (χ2n) is 7.36. The minimum atomic E-state index is -1.01. The molecule has 0 spiro atoms. The fourth-order valence-corrected chi connectivity index (χ4v) is 3.48. The maximum Gasteiger partial charge on any atom is 0.269 e. The number of phenols is 1. The summed E-state index contributed by atoms with van der Waals surface area (Å²) in [6.07, 6.45) is 4.61. The monoisotopic (exact) mass is 411 g/mol. The van der Waals surface area contributed by atoms with Crippen molar-refractivity contribution in [3.05, 3.63) is 88.0 Å². The van der Waals surface area contributed by atoms with Crippen LogP contribution < -0.4 is 0 Å². The van der Waals surface area contributed by atoms with E-state index in [1.165, 1.54) is 30.3 Å². The topological polar surface area (TPSA) is 104 Å². The Morgan fingerprint density at radius 1 is 1.17 bits per heavy atom. The molecule has 0 bridgehead atoms. The van der Waals surface area contributed by atoms with E-state index in [9.17, 15) is 25.4 Å². The number of aromatic hydroxyl groups is 1. The molecule has 6 nitrogen and oxygen atoms in total.